The number of carbonyl (C=O) groups excluding carboxylic acids is 2. The third-order valence-corrected chi connectivity index (χ3v) is 0.813. The molecule has 0 aliphatic heterocycles. The molecule has 0 spiro atoms. The van der Waals surface area contributed by atoms with E-state index in [0.717, 1.165) is 12.2 Å². The normalized spacial score (nSPS) is 9.76. The molecule has 0 heterocycles. The summed E-state index contributed by atoms with van der Waals surface area (Å²) in [6.07, 6.45) is 2.11. The SMILES string of the molecule is CC(=O)/C=C(/C)[O-].CC(=O)/C=C(/C)[O-].OO.[Mn+2]. The zero-order valence-corrected chi connectivity index (χ0v) is 11.2. The summed E-state index contributed by atoms with van der Waals surface area (Å²) >= 11 is 0. The first kappa shape index (κ1) is 24.9. The second-order valence-electron chi connectivity index (χ2n) is 2.73. The van der Waals surface area contributed by atoms with Gasteiger partial charge in [0.2, 0.25) is 0 Å². The van der Waals surface area contributed by atoms with Crippen LogP contribution in [-0.4, -0.2) is 22.1 Å². The summed E-state index contributed by atoms with van der Waals surface area (Å²) in [6.45, 7) is 5.39. The van der Waals surface area contributed by atoms with E-state index in [4.69, 9.17) is 10.5 Å². The molecule has 0 aliphatic carbocycles. The Morgan fingerprint density at radius 2 is 1.00 bits per heavy atom. The second-order valence-corrected chi connectivity index (χ2v) is 2.73. The summed E-state index contributed by atoms with van der Waals surface area (Å²) < 4.78 is 0. The minimum absolute atomic E-state index is 0. The minimum Gasteiger partial charge on any atom is -0.876 e. The Morgan fingerprint density at radius 1 is 0.824 bits per heavy atom. The molecule has 17 heavy (non-hydrogen) atoms. The van der Waals surface area contributed by atoms with Crippen molar-refractivity contribution in [1.29, 1.82) is 0 Å². The molecule has 7 heteroatoms. The molecule has 2 N–H and O–H groups in total. The van der Waals surface area contributed by atoms with Gasteiger partial charge in [-0.15, -0.1) is 11.5 Å². The number of hydrogen-bond acceptors (Lipinski definition) is 6. The van der Waals surface area contributed by atoms with Crippen molar-refractivity contribution in [3.63, 3.8) is 0 Å². The van der Waals surface area contributed by atoms with E-state index in [1.165, 1.54) is 27.7 Å². The van der Waals surface area contributed by atoms with Crippen LogP contribution in [0.3, 0.4) is 0 Å². The van der Waals surface area contributed by atoms with Crippen molar-refractivity contribution in [2.45, 2.75) is 27.7 Å². The molecule has 6 nitrogen and oxygen atoms in total. The molecule has 99 valence electrons. The molecule has 0 aromatic rings. The molecule has 0 amide bonds. The van der Waals surface area contributed by atoms with Gasteiger partial charge in [0, 0.05) is 0 Å². The Bertz CT molecular complexity index is 234. The summed E-state index contributed by atoms with van der Waals surface area (Å²) in [7, 11) is 0. The Hall–Kier alpha value is -1.14. The molecule has 0 fully saturated rings. The Labute approximate surface area is 111 Å². The standard InChI is InChI=1S/2C5H8O2.Mn.H2O2/c2*1-4(6)3-5(2)7;;1-2/h2*3,6H,1-2H3;;1-2H/q;;+2;/p-2/b2*4-3-;;. The molecule has 0 aromatic heterocycles. The smallest absolute Gasteiger partial charge is 0.876 e. The fourth-order valence-electron chi connectivity index (χ4n) is 0.572. The summed E-state index contributed by atoms with van der Waals surface area (Å²) in [5, 5.41) is 32.0. The van der Waals surface area contributed by atoms with Gasteiger partial charge in [0.15, 0.2) is 11.6 Å². The van der Waals surface area contributed by atoms with Crippen molar-refractivity contribution < 1.29 is 47.4 Å². The van der Waals surface area contributed by atoms with E-state index in [-0.39, 0.29) is 40.2 Å². The van der Waals surface area contributed by atoms with Crippen LogP contribution >= 0.6 is 0 Å². The Morgan fingerprint density at radius 3 is 1.00 bits per heavy atom. The van der Waals surface area contributed by atoms with Crippen LogP contribution in [0.5, 0.6) is 0 Å². The Kier molecular flexibility index (Phi) is 25.3. The number of rotatable bonds is 2. The van der Waals surface area contributed by atoms with Crippen LogP contribution < -0.4 is 10.2 Å². The number of carbonyl (C=O) groups is 2. The maximum Gasteiger partial charge on any atom is 2.00 e. The van der Waals surface area contributed by atoms with Gasteiger partial charge >= 0.3 is 17.1 Å². The molecule has 0 bridgehead atoms. The largest absolute Gasteiger partial charge is 2.00 e. The molecule has 0 saturated carbocycles. The molecule has 0 aromatic carbocycles. The minimum atomic E-state index is -0.187. The first-order valence-electron chi connectivity index (χ1n) is 4.17. The van der Waals surface area contributed by atoms with E-state index < -0.39 is 0 Å². The molecule has 0 aliphatic rings. The van der Waals surface area contributed by atoms with Crippen LogP contribution in [0.25, 0.3) is 0 Å². The van der Waals surface area contributed by atoms with Gasteiger partial charge in [0.1, 0.15) is 0 Å². The molecular weight excluding hydrogens is 271 g/mol. The molecule has 0 rings (SSSR count). The number of hydrogen-bond donors (Lipinski definition) is 2. The maximum absolute atomic E-state index is 9.98. The van der Waals surface area contributed by atoms with Gasteiger partial charge in [-0.1, -0.05) is 13.8 Å². The first-order valence-corrected chi connectivity index (χ1v) is 4.17. The van der Waals surface area contributed by atoms with Crippen molar-refractivity contribution in [3.8, 4) is 0 Å². The second kappa shape index (κ2) is 17.3. The van der Waals surface area contributed by atoms with Crippen LogP contribution in [0, 0.1) is 0 Å². The van der Waals surface area contributed by atoms with Crippen molar-refractivity contribution >= 4 is 11.6 Å². The van der Waals surface area contributed by atoms with E-state index in [9.17, 15) is 19.8 Å². The van der Waals surface area contributed by atoms with E-state index in [1.54, 1.807) is 0 Å². The van der Waals surface area contributed by atoms with Gasteiger partial charge in [0.05, 0.1) is 0 Å². The number of allylic oxidation sites excluding steroid dienone is 4. The predicted molar refractivity (Wildman–Crippen MR) is 54.1 cm³/mol. The summed E-state index contributed by atoms with van der Waals surface area (Å²) in [5.41, 5.74) is 0. The summed E-state index contributed by atoms with van der Waals surface area (Å²) in [6, 6.07) is 0. The van der Waals surface area contributed by atoms with Gasteiger partial charge in [-0.2, -0.15) is 0 Å². The van der Waals surface area contributed by atoms with Crippen LogP contribution in [0.4, 0.5) is 0 Å². The average Bonchev–Trinajstić information content (AvgIpc) is 2.03. The Balaban J connectivity index is -0.0000000823. The first-order chi connectivity index (χ1) is 7.25. The monoisotopic (exact) mass is 287 g/mol. The van der Waals surface area contributed by atoms with Crippen LogP contribution in [0.1, 0.15) is 27.7 Å². The van der Waals surface area contributed by atoms with Crippen molar-refractivity contribution in [2.24, 2.45) is 0 Å². The van der Waals surface area contributed by atoms with Gasteiger partial charge < -0.3 is 10.2 Å². The van der Waals surface area contributed by atoms with Crippen LogP contribution in [0.2, 0.25) is 0 Å². The summed E-state index contributed by atoms with van der Waals surface area (Å²) in [5.74, 6) is -0.750. The van der Waals surface area contributed by atoms with Gasteiger partial charge in [-0.05, 0) is 26.0 Å². The van der Waals surface area contributed by atoms with Crippen molar-refractivity contribution in [3.05, 3.63) is 23.7 Å². The van der Waals surface area contributed by atoms with E-state index in [2.05, 4.69) is 0 Å². The van der Waals surface area contributed by atoms with Crippen LogP contribution in [0.15, 0.2) is 23.7 Å². The van der Waals surface area contributed by atoms with Gasteiger partial charge in [0.25, 0.3) is 0 Å². The summed E-state index contributed by atoms with van der Waals surface area (Å²) in [4.78, 5) is 20.0. The topological polar surface area (TPSA) is 121 Å². The van der Waals surface area contributed by atoms with E-state index >= 15 is 0 Å². The van der Waals surface area contributed by atoms with E-state index in [0.29, 0.717) is 0 Å². The fourth-order valence-corrected chi connectivity index (χ4v) is 0.572. The average molecular weight is 287 g/mol. The van der Waals surface area contributed by atoms with Crippen molar-refractivity contribution in [2.75, 3.05) is 0 Å². The molecule has 1 radical (unpaired) electrons. The van der Waals surface area contributed by atoms with Gasteiger partial charge in [-0.3, -0.25) is 20.1 Å². The zero-order valence-electron chi connectivity index (χ0n) is 10.1. The van der Waals surface area contributed by atoms with E-state index in [1.807, 2.05) is 0 Å². The molecule has 0 unspecified atom stereocenters. The third-order valence-electron chi connectivity index (χ3n) is 0.813. The molecular formula is C10H16MnO6. The predicted octanol–water partition coefficient (Wildman–Crippen LogP) is -0.306. The fraction of sp³-hybridized carbons (Fsp3) is 0.400. The third kappa shape index (κ3) is 52.2. The van der Waals surface area contributed by atoms with Crippen molar-refractivity contribution in [1.82, 2.24) is 0 Å². The maximum atomic E-state index is 9.98. The molecule has 0 atom stereocenters. The number of ketones is 2. The molecule has 0 saturated heterocycles. The van der Waals surface area contributed by atoms with Gasteiger partial charge in [-0.25, -0.2) is 0 Å². The van der Waals surface area contributed by atoms with Crippen LogP contribution in [-0.2, 0) is 26.7 Å². The zero-order chi connectivity index (χ0) is 13.7. The quantitative estimate of drug-likeness (QED) is 0.236.